The van der Waals surface area contributed by atoms with Gasteiger partial charge in [-0.25, -0.2) is 0 Å². The molecule has 9 heteroatoms. The lowest BCUT2D eigenvalue weighted by molar-refractivity contribution is -0.208. The monoisotopic (exact) mass is 397 g/mol. The number of piperidine rings is 1. The average Bonchev–Trinajstić information content (AvgIpc) is 3.05. The topological polar surface area (TPSA) is 108 Å². The number of aliphatic hydroxyl groups excluding tert-OH is 1. The minimum Gasteiger partial charge on any atom is -0.388 e. The minimum absolute atomic E-state index is 0.0374. The number of hydrogen-bond acceptors (Lipinski definition) is 6. The highest BCUT2D eigenvalue weighted by atomic mass is 16.5. The van der Waals surface area contributed by atoms with Gasteiger partial charge in [0.1, 0.15) is 12.7 Å². The van der Waals surface area contributed by atoms with E-state index in [2.05, 4.69) is 5.32 Å². The highest BCUT2D eigenvalue weighted by molar-refractivity contribution is 5.86. The fraction of sp³-hybridized carbons (Fsp3) is 0.842. The van der Waals surface area contributed by atoms with Crippen molar-refractivity contribution in [2.75, 3.05) is 46.5 Å². The van der Waals surface area contributed by atoms with Crippen molar-refractivity contribution >= 4 is 17.7 Å². The summed E-state index contributed by atoms with van der Waals surface area (Å²) < 4.78 is 10.9. The van der Waals surface area contributed by atoms with E-state index in [1.807, 2.05) is 6.92 Å². The van der Waals surface area contributed by atoms with Crippen molar-refractivity contribution in [1.29, 1.82) is 0 Å². The highest BCUT2D eigenvalue weighted by Crippen LogP contribution is 2.40. The number of likely N-dealkylation sites (tertiary alicyclic amines) is 2. The first-order valence-corrected chi connectivity index (χ1v) is 9.97. The lowest BCUT2D eigenvalue weighted by atomic mass is 9.73. The van der Waals surface area contributed by atoms with Crippen molar-refractivity contribution < 1.29 is 29.0 Å². The third kappa shape index (κ3) is 4.16. The number of nitrogens with one attached hydrogen (secondary N) is 1. The van der Waals surface area contributed by atoms with Crippen LogP contribution < -0.4 is 5.32 Å². The number of hydrogen-bond donors (Lipinski definition) is 2. The van der Waals surface area contributed by atoms with Crippen LogP contribution in [0.15, 0.2) is 0 Å². The molecule has 0 unspecified atom stereocenters. The van der Waals surface area contributed by atoms with Gasteiger partial charge in [0, 0.05) is 39.8 Å². The van der Waals surface area contributed by atoms with E-state index >= 15 is 0 Å². The first-order valence-electron chi connectivity index (χ1n) is 9.97. The molecule has 3 saturated heterocycles. The van der Waals surface area contributed by atoms with E-state index in [4.69, 9.17) is 9.47 Å². The zero-order chi connectivity index (χ0) is 20.4. The van der Waals surface area contributed by atoms with E-state index in [0.29, 0.717) is 51.9 Å². The van der Waals surface area contributed by atoms with Crippen LogP contribution >= 0.6 is 0 Å². The fourth-order valence-electron chi connectivity index (χ4n) is 4.57. The second kappa shape index (κ2) is 8.34. The Morgan fingerprint density at radius 2 is 2.00 bits per heavy atom. The third-order valence-electron chi connectivity index (χ3n) is 6.27. The first kappa shape index (κ1) is 21.0. The van der Waals surface area contributed by atoms with Crippen molar-refractivity contribution in [3.05, 3.63) is 0 Å². The summed E-state index contributed by atoms with van der Waals surface area (Å²) >= 11 is 0. The lowest BCUT2D eigenvalue weighted by Gasteiger charge is -2.53. The maximum Gasteiger partial charge on any atom is 0.246 e. The van der Waals surface area contributed by atoms with E-state index in [0.717, 1.165) is 6.42 Å². The van der Waals surface area contributed by atoms with Gasteiger partial charge in [0.05, 0.1) is 17.7 Å². The molecule has 3 heterocycles. The summed E-state index contributed by atoms with van der Waals surface area (Å²) in [5, 5.41) is 14.0. The highest BCUT2D eigenvalue weighted by Gasteiger charge is 2.54. The number of carbonyl (C=O) groups is 3. The SMILES string of the molecule is COCC(=O)N[C@]1(C)CCOC2(CCN(C(=O)CN3CCCC3=O)CC2)[C@H]1O. The molecule has 0 radical (unpaired) electrons. The van der Waals surface area contributed by atoms with Gasteiger partial charge in [-0.15, -0.1) is 0 Å². The second-order valence-electron chi connectivity index (χ2n) is 8.26. The molecule has 1 spiro atoms. The molecule has 0 aromatic carbocycles. The summed E-state index contributed by atoms with van der Waals surface area (Å²) in [6.07, 6.45) is 1.93. The van der Waals surface area contributed by atoms with Crippen molar-refractivity contribution in [2.45, 2.75) is 56.3 Å². The molecule has 3 rings (SSSR count). The van der Waals surface area contributed by atoms with E-state index in [1.54, 1.807) is 9.80 Å². The smallest absolute Gasteiger partial charge is 0.246 e. The summed E-state index contributed by atoms with van der Waals surface area (Å²) in [4.78, 5) is 39.6. The zero-order valence-corrected chi connectivity index (χ0v) is 16.7. The molecule has 0 aromatic heterocycles. The number of aliphatic hydroxyl groups is 1. The summed E-state index contributed by atoms with van der Waals surface area (Å²) in [6, 6.07) is 0. The van der Waals surface area contributed by atoms with Crippen LogP contribution in [0.25, 0.3) is 0 Å². The Hall–Kier alpha value is -1.71. The van der Waals surface area contributed by atoms with Gasteiger partial charge in [-0.05, 0) is 32.6 Å². The molecule has 3 amide bonds. The molecule has 2 N–H and O–H groups in total. The molecule has 3 fully saturated rings. The minimum atomic E-state index is -0.882. The molecular formula is C19H31N3O6. The molecule has 0 aromatic rings. The van der Waals surface area contributed by atoms with E-state index in [-0.39, 0.29) is 30.9 Å². The molecular weight excluding hydrogens is 366 g/mol. The average molecular weight is 397 g/mol. The standard InChI is InChI=1S/C19H31N3O6/c1-18(20-14(23)13-27-2)7-11-28-19(17(18)26)5-9-21(10-6-19)16(25)12-22-8-3-4-15(22)24/h17,26H,3-13H2,1-2H3,(H,20,23)/t17-,18+/m0/s1. The second-order valence-corrected chi connectivity index (χ2v) is 8.26. The van der Waals surface area contributed by atoms with Gasteiger partial charge in [-0.3, -0.25) is 14.4 Å². The van der Waals surface area contributed by atoms with Crippen LogP contribution in [0.3, 0.4) is 0 Å². The molecule has 0 bridgehead atoms. The van der Waals surface area contributed by atoms with Gasteiger partial charge in [0.2, 0.25) is 17.7 Å². The van der Waals surface area contributed by atoms with Crippen LogP contribution in [0.4, 0.5) is 0 Å². The Morgan fingerprint density at radius 3 is 2.61 bits per heavy atom. The number of nitrogens with zero attached hydrogens (tertiary/aromatic N) is 2. The van der Waals surface area contributed by atoms with Gasteiger partial charge in [0.15, 0.2) is 0 Å². The summed E-state index contributed by atoms with van der Waals surface area (Å²) in [7, 11) is 1.45. The fourth-order valence-corrected chi connectivity index (χ4v) is 4.57. The zero-order valence-electron chi connectivity index (χ0n) is 16.7. The number of ether oxygens (including phenoxy) is 2. The van der Waals surface area contributed by atoms with Gasteiger partial charge < -0.3 is 29.7 Å². The molecule has 3 aliphatic rings. The first-order chi connectivity index (χ1) is 13.3. The van der Waals surface area contributed by atoms with Gasteiger partial charge in [-0.1, -0.05) is 0 Å². The quantitative estimate of drug-likeness (QED) is 0.633. The van der Waals surface area contributed by atoms with E-state index < -0.39 is 17.2 Å². The predicted octanol–water partition coefficient (Wildman–Crippen LogP) is -0.727. The van der Waals surface area contributed by atoms with Gasteiger partial charge in [-0.2, -0.15) is 0 Å². The molecule has 3 aliphatic heterocycles. The number of amides is 3. The van der Waals surface area contributed by atoms with Crippen LogP contribution in [0.5, 0.6) is 0 Å². The molecule has 2 atom stereocenters. The molecule has 158 valence electrons. The van der Waals surface area contributed by atoms with Crippen LogP contribution in [-0.4, -0.2) is 96.4 Å². The van der Waals surface area contributed by atoms with E-state index in [1.165, 1.54) is 7.11 Å². The van der Waals surface area contributed by atoms with Crippen molar-refractivity contribution in [3.63, 3.8) is 0 Å². The maximum absolute atomic E-state index is 12.6. The van der Waals surface area contributed by atoms with Crippen molar-refractivity contribution in [3.8, 4) is 0 Å². The summed E-state index contributed by atoms with van der Waals surface area (Å²) in [6.45, 7) is 3.88. The third-order valence-corrected chi connectivity index (χ3v) is 6.27. The number of methoxy groups -OCH3 is 1. The largest absolute Gasteiger partial charge is 0.388 e. The summed E-state index contributed by atoms with van der Waals surface area (Å²) in [5.41, 5.74) is -1.59. The Labute approximate surface area is 165 Å². The normalized spacial score (nSPS) is 30.0. The van der Waals surface area contributed by atoms with Crippen molar-refractivity contribution in [2.24, 2.45) is 0 Å². The van der Waals surface area contributed by atoms with Gasteiger partial charge in [0.25, 0.3) is 0 Å². The molecule has 0 saturated carbocycles. The van der Waals surface area contributed by atoms with Gasteiger partial charge >= 0.3 is 0 Å². The number of rotatable bonds is 5. The molecule has 9 nitrogen and oxygen atoms in total. The van der Waals surface area contributed by atoms with Crippen LogP contribution in [0.2, 0.25) is 0 Å². The lowest BCUT2D eigenvalue weighted by Crippen LogP contribution is -2.69. The Balaban J connectivity index is 1.59. The van der Waals surface area contributed by atoms with Crippen LogP contribution in [-0.2, 0) is 23.9 Å². The van der Waals surface area contributed by atoms with E-state index in [9.17, 15) is 19.5 Å². The Morgan fingerprint density at radius 1 is 1.29 bits per heavy atom. The Bertz CT molecular complexity index is 619. The summed E-state index contributed by atoms with van der Waals surface area (Å²) in [5.74, 6) is -0.300. The maximum atomic E-state index is 12.6. The van der Waals surface area contributed by atoms with Crippen LogP contribution in [0.1, 0.15) is 39.0 Å². The van der Waals surface area contributed by atoms with Crippen LogP contribution in [0, 0.1) is 0 Å². The Kier molecular flexibility index (Phi) is 6.26. The number of carbonyl (C=O) groups excluding carboxylic acids is 3. The molecule has 0 aliphatic carbocycles. The predicted molar refractivity (Wildman–Crippen MR) is 99.4 cm³/mol. The van der Waals surface area contributed by atoms with Crippen molar-refractivity contribution in [1.82, 2.24) is 15.1 Å². The molecule has 28 heavy (non-hydrogen) atoms.